The first-order chi connectivity index (χ1) is 10.4. The summed E-state index contributed by atoms with van der Waals surface area (Å²) in [5, 5.41) is 0. The van der Waals surface area contributed by atoms with Crippen LogP contribution in [0.15, 0.2) is 42.5 Å². The molecule has 0 amide bonds. The molecule has 0 radical (unpaired) electrons. The molecule has 2 aromatic carbocycles. The molecule has 1 N–H and O–H groups in total. The third-order valence-electron chi connectivity index (χ3n) is 3.38. The molecule has 5 heteroatoms. The standard InChI is InChI=1S/C17H21NO3S/c1-13-9-14(2)17(21-3)16(10-13)11-18-22(19,20)12-15-7-5-4-6-8-15/h4-10,18H,11-12H2,1-3H3. The number of benzene rings is 2. The van der Waals surface area contributed by atoms with Crippen LogP contribution in [0, 0.1) is 13.8 Å². The number of hydrogen-bond acceptors (Lipinski definition) is 3. The van der Waals surface area contributed by atoms with Gasteiger partial charge >= 0.3 is 0 Å². The van der Waals surface area contributed by atoms with E-state index in [1.165, 1.54) is 0 Å². The van der Waals surface area contributed by atoms with Crippen molar-refractivity contribution in [3.8, 4) is 5.75 Å². The Morgan fingerprint density at radius 2 is 1.77 bits per heavy atom. The first-order valence-corrected chi connectivity index (χ1v) is 8.72. The lowest BCUT2D eigenvalue weighted by Crippen LogP contribution is -2.25. The van der Waals surface area contributed by atoms with Crippen LogP contribution in [0.25, 0.3) is 0 Å². The molecule has 0 unspecified atom stereocenters. The van der Waals surface area contributed by atoms with Crippen LogP contribution in [0.2, 0.25) is 0 Å². The van der Waals surface area contributed by atoms with Crippen molar-refractivity contribution in [2.45, 2.75) is 26.1 Å². The SMILES string of the molecule is COc1c(C)cc(C)cc1CNS(=O)(=O)Cc1ccccc1. The largest absolute Gasteiger partial charge is 0.496 e. The van der Waals surface area contributed by atoms with Crippen LogP contribution in [0.5, 0.6) is 5.75 Å². The van der Waals surface area contributed by atoms with Crippen LogP contribution in [0.4, 0.5) is 0 Å². The smallest absolute Gasteiger partial charge is 0.216 e. The number of methoxy groups -OCH3 is 1. The Balaban J connectivity index is 2.12. The number of sulfonamides is 1. The molecule has 2 rings (SSSR count). The minimum atomic E-state index is -3.39. The maximum absolute atomic E-state index is 12.2. The van der Waals surface area contributed by atoms with Gasteiger partial charge in [-0.2, -0.15) is 0 Å². The molecular weight excluding hydrogens is 298 g/mol. The summed E-state index contributed by atoms with van der Waals surface area (Å²) in [4.78, 5) is 0. The Labute approximate surface area is 132 Å². The predicted octanol–water partition coefficient (Wildman–Crippen LogP) is 2.93. The fourth-order valence-corrected chi connectivity index (χ4v) is 3.61. The highest BCUT2D eigenvalue weighted by Gasteiger charge is 2.14. The number of nitrogens with one attached hydrogen (secondary N) is 1. The first-order valence-electron chi connectivity index (χ1n) is 7.06. The summed E-state index contributed by atoms with van der Waals surface area (Å²) in [5.41, 5.74) is 3.69. The fraction of sp³-hybridized carbons (Fsp3) is 0.294. The molecule has 0 fully saturated rings. The Morgan fingerprint density at radius 3 is 2.41 bits per heavy atom. The minimum Gasteiger partial charge on any atom is -0.496 e. The van der Waals surface area contributed by atoms with Crippen molar-refractivity contribution in [3.63, 3.8) is 0 Å². The molecule has 0 saturated heterocycles. The zero-order valence-corrected chi connectivity index (χ0v) is 13.9. The van der Waals surface area contributed by atoms with Gasteiger partial charge in [-0.05, 0) is 25.0 Å². The van der Waals surface area contributed by atoms with E-state index in [-0.39, 0.29) is 12.3 Å². The molecule has 0 saturated carbocycles. The highest BCUT2D eigenvalue weighted by Crippen LogP contribution is 2.25. The molecule has 0 aromatic heterocycles. The normalized spacial score (nSPS) is 11.4. The maximum atomic E-state index is 12.2. The van der Waals surface area contributed by atoms with Crippen molar-refractivity contribution in [1.82, 2.24) is 4.72 Å². The molecule has 0 aliphatic heterocycles. The zero-order valence-electron chi connectivity index (χ0n) is 13.1. The summed E-state index contributed by atoms with van der Waals surface area (Å²) in [7, 11) is -1.79. The van der Waals surface area contributed by atoms with E-state index < -0.39 is 10.0 Å². The lowest BCUT2D eigenvalue weighted by molar-refractivity contribution is 0.406. The second-order valence-corrected chi connectivity index (χ2v) is 7.15. The summed E-state index contributed by atoms with van der Waals surface area (Å²) in [5.74, 6) is 0.703. The van der Waals surface area contributed by atoms with Crippen molar-refractivity contribution in [2.75, 3.05) is 7.11 Å². The van der Waals surface area contributed by atoms with Gasteiger partial charge in [0, 0.05) is 12.1 Å². The van der Waals surface area contributed by atoms with Crippen molar-refractivity contribution < 1.29 is 13.2 Å². The van der Waals surface area contributed by atoms with Crippen LogP contribution in [0.3, 0.4) is 0 Å². The molecule has 0 heterocycles. The van der Waals surface area contributed by atoms with Gasteiger partial charge in [0.05, 0.1) is 12.9 Å². The van der Waals surface area contributed by atoms with E-state index in [9.17, 15) is 8.42 Å². The van der Waals surface area contributed by atoms with Crippen LogP contribution < -0.4 is 9.46 Å². The van der Waals surface area contributed by atoms with Gasteiger partial charge < -0.3 is 4.74 Å². The molecule has 22 heavy (non-hydrogen) atoms. The maximum Gasteiger partial charge on any atom is 0.216 e. The number of hydrogen-bond donors (Lipinski definition) is 1. The Kier molecular flexibility index (Phi) is 5.21. The Hall–Kier alpha value is -1.85. The average Bonchev–Trinajstić information content (AvgIpc) is 2.45. The van der Waals surface area contributed by atoms with Gasteiger partial charge in [0.25, 0.3) is 0 Å². The van der Waals surface area contributed by atoms with Gasteiger partial charge in [-0.3, -0.25) is 0 Å². The van der Waals surface area contributed by atoms with E-state index in [2.05, 4.69) is 4.72 Å². The second-order valence-electron chi connectivity index (χ2n) is 5.34. The van der Waals surface area contributed by atoms with Gasteiger partial charge in [-0.25, -0.2) is 13.1 Å². The van der Waals surface area contributed by atoms with Gasteiger partial charge in [-0.1, -0.05) is 48.0 Å². The van der Waals surface area contributed by atoms with Crippen LogP contribution in [-0.4, -0.2) is 15.5 Å². The molecule has 0 aliphatic rings. The lowest BCUT2D eigenvalue weighted by Gasteiger charge is -2.14. The summed E-state index contributed by atoms with van der Waals surface area (Å²) < 4.78 is 32.4. The molecule has 0 spiro atoms. The van der Waals surface area contributed by atoms with Crippen molar-refractivity contribution in [2.24, 2.45) is 0 Å². The van der Waals surface area contributed by atoms with Crippen LogP contribution >= 0.6 is 0 Å². The summed E-state index contributed by atoms with van der Waals surface area (Å²) >= 11 is 0. The topological polar surface area (TPSA) is 55.4 Å². The van der Waals surface area contributed by atoms with Crippen molar-refractivity contribution in [1.29, 1.82) is 0 Å². The van der Waals surface area contributed by atoms with Gasteiger partial charge in [0.15, 0.2) is 0 Å². The quantitative estimate of drug-likeness (QED) is 0.890. The van der Waals surface area contributed by atoms with Gasteiger partial charge in [0.1, 0.15) is 5.75 Å². The van der Waals surface area contributed by atoms with Gasteiger partial charge in [-0.15, -0.1) is 0 Å². The molecule has 118 valence electrons. The van der Waals surface area contributed by atoms with E-state index in [0.717, 1.165) is 28.0 Å². The van der Waals surface area contributed by atoms with E-state index in [1.54, 1.807) is 19.2 Å². The summed E-state index contributed by atoms with van der Waals surface area (Å²) in [6.07, 6.45) is 0. The van der Waals surface area contributed by atoms with E-state index in [1.807, 2.05) is 44.2 Å². The third kappa shape index (κ3) is 4.32. The van der Waals surface area contributed by atoms with E-state index in [0.29, 0.717) is 0 Å². The first kappa shape index (κ1) is 16.5. The van der Waals surface area contributed by atoms with E-state index >= 15 is 0 Å². The van der Waals surface area contributed by atoms with Crippen LogP contribution in [0.1, 0.15) is 22.3 Å². The summed E-state index contributed by atoms with van der Waals surface area (Å²) in [6.45, 7) is 4.16. The van der Waals surface area contributed by atoms with Crippen molar-refractivity contribution >= 4 is 10.0 Å². The molecule has 0 bridgehead atoms. The number of rotatable bonds is 6. The minimum absolute atomic E-state index is 0.0268. The predicted molar refractivity (Wildman–Crippen MR) is 88.4 cm³/mol. The number of aryl methyl sites for hydroxylation is 2. The molecule has 4 nitrogen and oxygen atoms in total. The molecular formula is C17H21NO3S. The van der Waals surface area contributed by atoms with Crippen molar-refractivity contribution in [3.05, 3.63) is 64.7 Å². The third-order valence-corrected chi connectivity index (χ3v) is 4.68. The average molecular weight is 319 g/mol. The van der Waals surface area contributed by atoms with Crippen LogP contribution in [-0.2, 0) is 22.3 Å². The summed E-state index contributed by atoms with van der Waals surface area (Å²) in [6, 6.07) is 13.1. The Morgan fingerprint density at radius 1 is 1.09 bits per heavy atom. The van der Waals surface area contributed by atoms with Gasteiger partial charge in [0.2, 0.25) is 10.0 Å². The highest BCUT2D eigenvalue weighted by atomic mass is 32.2. The van der Waals surface area contributed by atoms with E-state index in [4.69, 9.17) is 4.74 Å². The Bertz CT molecular complexity index is 740. The highest BCUT2D eigenvalue weighted by molar-refractivity contribution is 7.88. The second kappa shape index (κ2) is 6.94. The molecule has 2 aromatic rings. The number of ether oxygens (including phenoxy) is 1. The zero-order chi connectivity index (χ0) is 16.2. The monoisotopic (exact) mass is 319 g/mol. The molecule has 0 aliphatic carbocycles. The fourth-order valence-electron chi connectivity index (χ4n) is 2.50. The lowest BCUT2D eigenvalue weighted by atomic mass is 10.1. The molecule has 0 atom stereocenters.